The van der Waals surface area contributed by atoms with Crippen LogP contribution < -0.4 is 5.73 Å². The summed E-state index contributed by atoms with van der Waals surface area (Å²) >= 11 is 0. The lowest BCUT2D eigenvalue weighted by Gasteiger charge is -2.39. The van der Waals surface area contributed by atoms with E-state index < -0.39 is 0 Å². The van der Waals surface area contributed by atoms with Crippen LogP contribution in [0.1, 0.15) is 39.5 Å². The molecule has 1 rings (SSSR count). The van der Waals surface area contributed by atoms with Gasteiger partial charge in [-0.2, -0.15) is 0 Å². The fourth-order valence-corrected chi connectivity index (χ4v) is 2.82. The molecule has 4 nitrogen and oxygen atoms in total. The van der Waals surface area contributed by atoms with Gasteiger partial charge in [-0.05, 0) is 24.7 Å². The summed E-state index contributed by atoms with van der Waals surface area (Å²) in [4.78, 5) is 14.3. The van der Waals surface area contributed by atoms with Gasteiger partial charge in [-0.1, -0.05) is 20.3 Å². The van der Waals surface area contributed by atoms with Crippen molar-refractivity contribution in [2.24, 2.45) is 17.6 Å². The van der Waals surface area contributed by atoms with Gasteiger partial charge in [0.05, 0.1) is 0 Å². The van der Waals surface area contributed by atoms with Crippen molar-refractivity contribution in [1.29, 1.82) is 0 Å². The monoisotopic (exact) mass is 256 g/mol. The van der Waals surface area contributed by atoms with Gasteiger partial charge in [0.25, 0.3) is 0 Å². The van der Waals surface area contributed by atoms with Crippen molar-refractivity contribution in [3.63, 3.8) is 0 Å². The lowest BCUT2D eigenvalue weighted by molar-refractivity contribution is -0.136. The average Bonchev–Trinajstić information content (AvgIpc) is 2.38. The topological polar surface area (TPSA) is 55.6 Å². The molecule has 1 aliphatic rings. The van der Waals surface area contributed by atoms with Gasteiger partial charge >= 0.3 is 0 Å². The van der Waals surface area contributed by atoms with Crippen molar-refractivity contribution in [2.45, 2.75) is 45.6 Å². The van der Waals surface area contributed by atoms with Crippen LogP contribution in [0.5, 0.6) is 0 Å². The molecular formula is C14H28N2O2. The summed E-state index contributed by atoms with van der Waals surface area (Å²) in [6, 6.07) is 0.242. The van der Waals surface area contributed by atoms with E-state index >= 15 is 0 Å². The highest BCUT2D eigenvalue weighted by Crippen LogP contribution is 2.25. The molecule has 18 heavy (non-hydrogen) atoms. The Bertz CT molecular complexity index is 258. The number of likely N-dealkylation sites (tertiary alicyclic amines) is 1. The van der Waals surface area contributed by atoms with Crippen molar-refractivity contribution in [2.75, 3.05) is 26.8 Å². The van der Waals surface area contributed by atoms with Crippen LogP contribution in [0, 0.1) is 11.8 Å². The Morgan fingerprint density at radius 3 is 2.83 bits per heavy atom. The minimum atomic E-state index is 0.240. The summed E-state index contributed by atoms with van der Waals surface area (Å²) in [6.07, 6.45) is 3.95. The van der Waals surface area contributed by atoms with Crippen molar-refractivity contribution in [1.82, 2.24) is 4.90 Å². The van der Waals surface area contributed by atoms with E-state index in [4.69, 9.17) is 10.5 Å². The summed E-state index contributed by atoms with van der Waals surface area (Å²) in [5.41, 5.74) is 5.82. The zero-order valence-electron chi connectivity index (χ0n) is 12.0. The fourth-order valence-electron chi connectivity index (χ4n) is 2.82. The Balaban J connectivity index is 2.50. The molecule has 0 spiro atoms. The van der Waals surface area contributed by atoms with Crippen molar-refractivity contribution in [3.05, 3.63) is 0 Å². The summed E-state index contributed by atoms with van der Waals surface area (Å²) in [5.74, 6) is 1.26. The van der Waals surface area contributed by atoms with Crippen LogP contribution in [-0.2, 0) is 9.53 Å². The Labute approximate surface area is 111 Å². The van der Waals surface area contributed by atoms with E-state index in [1.165, 1.54) is 6.42 Å². The maximum Gasteiger partial charge on any atom is 0.223 e. The number of methoxy groups -OCH3 is 1. The standard InChI is InChI=1S/C14H28N2O2/c1-4-12-5-6-16(13(8-12)9-15)14(17)7-11(2)10-18-3/h11-13H,4-10,15H2,1-3H3. The van der Waals surface area contributed by atoms with Crippen LogP contribution in [0.25, 0.3) is 0 Å². The van der Waals surface area contributed by atoms with E-state index in [1.807, 2.05) is 4.90 Å². The summed E-state index contributed by atoms with van der Waals surface area (Å²) in [5, 5.41) is 0. The largest absolute Gasteiger partial charge is 0.384 e. The number of hydrogen-bond donors (Lipinski definition) is 1. The highest BCUT2D eigenvalue weighted by molar-refractivity contribution is 5.77. The van der Waals surface area contributed by atoms with Gasteiger partial charge in [0.2, 0.25) is 5.91 Å². The first kappa shape index (κ1) is 15.4. The average molecular weight is 256 g/mol. The van der Waals surface area contributed by atoms with Gasteiger partial charge < -0.3 is 15.4 Å². The molecule has 3 unspecified atom stereocenters. The highest BCUT2D eigenvalue weighted by Gasteiger charge is 2.30. The molecule has 1 saturated heterocycles. The van der Waals surface area contributed by atoms with Crippen molar-refractivity contribution in [3.8, 4) is 0 Å². The van der Waals surface area contributed by atoms with E-state index in [0.29, 0.717) is 19.6 Å². The summed E-state index contributed by atoms with van der Waals surface area (Å²) in [6.45, 7) is 6.37. The number of amides is 1. The first-order valence-corrected chi connectivity index (χ1v) is 7.10. The molecule has 0 radical (unpaired) electrons. The van der Waals surface area contributed by atoms with E-state index in [9.17, 15) is 4.79 Å². The predicted octanol–water partition coefficient (Wildman–Crippen LogP) is 1.63. The zero-order chi connectivity index (χ0) is 13.5. The molecule has 4 heteroatoms. The third-order valence-corrected chi connectivity index (χ3v) is 3.97. The van der Waals surface area contributed by atoms with Crippen molar-refractivity contribution >= 4 is 5.91 Å². The van der Waals surface area contributed by atoms with Crippen LogP contribution in [0.2, 0.25) is 0 Å². The van der Waals surface area contributed by atoms with Gasteiger partial charge in [-0.3, -0.25) is 4.79 Å². The molecule has 3 atom stereocenters. The highest BCUT2D eigenvalue weighted by atomic mass is 16.5. The molecule has 0 aromatic heterocycles. The first-order chi connectivity index (χ1) is 8.62. The van der Waals surface area contributed by atoms with Gasteiger partial charge in [-0.15, -0.1) is 0 Å². The van der Waals surface area contributed by atoms with Crippen LogP contribution in [-0.4, -0.2) is 43.7 Å². The van der Waals surface area contributed by atoms with E-state index in [2.05, 4.69) is 13.8 Å². The smallest absolute Gasteiger partial charge is 0.223 e. The van der Waals surface area contributed by atoms with Crippen LogP contribution in [0.15, 0.2) is 0 Å². The molecule has 1 heterocycles. The van der Waals surface area contributed by atoms with Crippen LogP contribution in [0.4, 0.5) is 0 Å². The number of carbonyl (C=O) groups is 1. The first-order valence-electron chi connectivity index (χ1n) is 7.10. The maximum absolute atomic E-state index is 12.3. The normalized spacial score (nSPS) is 26.1. The van der Waals surface area contributed by atoms with Gasteiger partial charge in [0, 0.05) is 39.3 Å². The number of piperidine rings is 1. The Kier molecular flexibility index (Phi) is 6.65. The molecule has 1 aliphatic heterocycles. The molecule has 0 aromatic rings. The molecule has 0 bridgehead atoms. The second-order valence-corrected chi connectivity index (χ2v) is 5.54. The second kappa shape index (κ2) is 7.74. The molecule has 1 amide bonds. The van der Waals surface area contributed by atoms with Crippen LogP contribution >= 0.6 is 0 Å². The Morgan fingerprint density at radius 1 is 1.56 bits per heavy atom. The summed E-state index contributed by atoms with van der Waals surface area (Å²) in [7, 11) is 1.68. The quantitative estimate of drug-likeness (QED) is 0.786. The second-order valence-electron chi connectivity index (χ2n) is 5.54. The maximum atomic E-state index is 12.3. The molecule has 0 aromatic carbocycles. The van der Waals surface area contributed by atoms with E-state index in [-0.39, 0.29) is 17.9 Å². The van der Waals surface area contributed by atoms with Crippen molar-refractivity contribution < 1.29 is 9.53 Å². The number of nitrogens with two attached hydrogens (primary N) is 1. The molecule has 0 aliphatic carbocycles. The minimum absolute atomic E-state index is 0.240. The predicted molar refractivity (Wildman–Crippen MR) is 73.2 cm³/mol. The molecule has 2 N–H and O–H groups in total. The Hall–Kier alpha value is -0.610. The number of ether oxygens (including phenoxy) is 1. The number of hydrogen-bond acceptors (Lipinski definition) is 3. The summed E-state index contributed by atoms with van der Waals surface area (Å²) < 4.78 is 5.08. The minimum Gasteiger partial charge on any atom is -0.384 e. The number of carbonyl (C=O) groups excluding carboxylic acids is 1. The number of rotatable bonds is 6. The molecule has 0 saturated carbocycles. The molecule has 106 valence electrons. The van der Waals surface area contributed by atoms with E-state index in [0.717, 1.165) is 25.3 Å². The molecule has 1 fully saturated rings. The van der Waals surface area contributed by atoms with E-state index in [1.54, 1.807) is 7.11 Å². The van der Waals surface area contributed by atoms with Gasteiger partial charge in [0.15, 0.2) is 0 Å². The lowest BCUT2D eigenvalue weighted by Crippen LogP contribution is -2.49. The molecular weight excluding hydrogens is 228 g/mol. The fraction of sp³-hybridized carbons (Fsp3) is 0.929. The zero-order valence-corrected chi connectivity index (χ0v) is 12.0. The number of nitrogens with zero attached hydrogens (tertiary/aromatic N) is 1. The Morgan fingerprint density at radius 2 is 2.28 bits per heavy atom. The van der Waals surface area contributed by atoms with Crippen LogP contribution in [0.3, 0.4) is 0 Å². The lowest BCUT2D eigenvalue weighted by atomic mass is 9.88. The SMILES string of the molecule is CCC1CCN(C(=O)CC(C)COC)C(CN)C1. The van der Waals surface area contributed by atoms with Gasteiger partial charge in [-0.25, -0.2) is 0 Å². The third kappa shape index (κ3) is 4.25. The third-order valence-electron chi connectivity index (χ3n) is 3.97. The van der Waals surface area contributed by atoms with Gasteiger partial charge in [0.1, 0.15) is 0 Å².